The second-order valence-electron chi connectivity index (χ2n) is 0. The molecule has 0 heterocycles. The zero-order valence-electron chi connectivity index (χ0n) is 4.05. The second kappa shape index (κ2) is 16.5. The summed E-state index contributed by atoms with van der Waals surface area (Å²) in [5.41, 5.74) is 0. The molecule has 0 aliphatic carbocycles. The van der Waals surface area contributed by atoms with Gasteiger partial charge >= 0.3 is 68.7 Å². The fraction of sp³-hybridized carbons (Fsp3) is 0. The van der Waals surface area contributed by atoms with E-state index in [1.807, 2.05) is 15.9 Å². The van der Waals surface area contributed by atoms with Crippen LogP contribution >= 0.6 is 0 Å². The van der Waals surface area contributed by atoms with Gasteiger partial charge in [0.2, 0.25) is 0 Å². The van der Waals surface area contributed by atoms with E-state index in [0.29, 0.717) is 0 Å². The van der Waals surface area contributed by atoms with Gasteiger partial charge in [-0.05, 0) is 0 Å². The minimum absolute atomic E-state index is 0. The van der Waals surface area contributed by atoms with Crippen molar-refractivity contribution in [3.63, 3.8) is 0 Å². The van der Waals surface area contributed by atoms with Gasteiger partial charge in [-0.3, -0.25) is 0 Å². The maximum absolute atomic E-state index is 8.00. The Kier molecular flexibility index (Phi) is 65.0. The Labute approximate surface area is 104 Å². The van der Waals surface area contributed by atoms with E-state index >= 15 is 0 Å². The third-order valence-corrected chi connectivity index (χ3v) is 0. The van der Waals surface area contributed by atoms with Crippen molar-refractivity contribution in [2.75, 3.05) is 0 Å². The monoisotopic (exact) mass is 351 g/mol. The van der Waals surface area contributed by atoms with Gasteiger partial charge in [-0.25, -0.2) is 0 Å². The fourth-order valence-corrected chi connectivity index (χ4v) is 0. The van der Waals surface area contributed by atoms with Crippen LogP contribution in [0.1, 0.15) is 2.85 Å². The summed E-state index contributed by atoms with van der Waals surface area (Å²) in [5, 5.41) is 0. The quantitative estimate of drug-likeness (QED) is 0.550. The Balaban J connectivity index is -0.000000000833. The van der Waals surface area contributed by atoms with E-state index < -0.39 is 0 Å². The second-order valence-corrected chi connectivity index (χ2v) is 0. The zero-order chi connectivity index (χ0) is 2.00. The molecule has 0 fully saturated rings. The molecule has 0 aromatic heterocycles. The van der Waals surface area contributed by atoms with Crippen molar-refractivity contribution in [2.24, 2.45) is 0 Å². The topological polar surface area (TPSA) is 17.1 Å². The third-order valence-electron chi connectivity index (χ3n) is 0. The molecule has 4 heavy (non-hydrogen) atoms. The number of rotatable bonds is 0. The molecule has 0 spiro atoms. The molecule has 1 radical (unpaired) electrons. The zero-order valence-corrected chi connectivity index (χ0v) is 11.2. The Bertz CT molecular complexity index is 13.5. The maximum atomic E-state index is 8.00. The van der Waals surface area contributed by atoms with Crippen molar-refractivity contribution < 1.29 is 58.2 Å². The standard InChI is InChI=1S/Ba.Fe.La.O.2H/q+2;;;;2*-1. The number of hydrogen-bond donors (Lipinski definition) is 0. The van der Waals surface area contributed by atoms with Crippen LogP contribution < -0.4 is 0 Å². The third kappa shape index (κ3) is 8.92. The van der Waals surface area contributed by atoms with Crippen molar-refractivity contribution in [1.82, 2.24) is 0 Å². The molecule has 0 aromatic carbocycles. The van der Waals surface area contributed by atoms with Crippen LogP contribution in [-0.4, -0.2) is 48.9 Å². The van der Waals surface area contributed by atoms with Gasteiger partial charge in [0.25, 0.3) is 0 Å². The molecule has 0 rings (SSSR count). The Morgan fingerprint density at radius 2 is 1.50 bits per heavy atom. The molecule has 0 unspecified atom stereocenters. The molecule has 0 aliphatic rings. The molecule has 4 heteroatoms. The Morgan fingerprint density at radius 3 is 1.50 bits per heavy atom. The van der Waals surface area contributed by atoms with Gasteiger partial charge in [0.15, 0.2) is 0 Å². The van der Waals surface area contributed by atoms with Gasteiger partial charge in [0, 0.05) is 35.6 Å². The minimum atomic E-state index is 0. The van der Waals surface area contributed by atoms with Gasteiger partial charge in [-0.1, -0.05) is 0 Å². The van der Waals surface area contributed by atoms with Crippen LogP contribution in [0.4, 0.5) is 0 Å². The van der Waals surface area contributed by atoms with Gasteiger partial charge < -0.3 is 2.85 Å². The van der Waals surface area contributed by atoms with E-state index in [0.717, 1.165) is 0 Å². The molecule has 0 saturated heterocycles. The fourth-order valence-electron chi connectivity index (χ4n) is 0. The molecule has 0 aromatic rings. The average molecular weight is 350 g/mol. The molecular formula is H2BaFeLaO. The summed E-state index contributed by atoms with van der Waals surface area (Å²) >= 11 is 2.00. The summed E-state index contributed by atoms with van der Waals surface area (Å²) in [6, 6.07) is 0. The van der Waals surface area contributed by atoms with Crippen molar-refractivity contribution in [1.29, 1.82) is 0 Å². The summed E-state index contributed by atoms with van der Waals surface area (Å²) in [5.74, 6) is 0. The molecule has 0 saturated carbocycles. The van der Waals surface area contributed by atoms with E-state index in [1.54, 1.807) is 0 Å². The Morgan fingerprint density at radius 1 is 1.50 bits per heavy atom. The van der Waals surface area contributed by atoms with Crippen LogP contribution in [0.3, 0.4) is 0 Å². The molecule has 0 amide bonds. The van der Waals surface area contributed by atoms with Crippen LogP contribution in [0.15, 0.2) is 0 Å². The summed E-state index contributed by atoms with van der Waals surface area (Å²) in [4.78, 5) is 0. The molecular weight excluding hydrogens is 348 g/mol. The molecule has 0 atom stereocenters. The van der Waals surface area contributed by atoms with Crippen LogP contribution in [0.25, 0.3) is 0 Å². The van der Waals surface area contributed by atoms with Crippen LogP contribution in [-0.2, 0) is 19.8 Å². The SMILES string of the molecule is [Ba+2].[H-].[H-].[La].[O]=[Fe]. The summed E-state index contributed by atoms with van der Waals surface area (Å²) < 4.78 is 8.00. The molecule has 0 aliphatic heterocycles. The van der Waals surface area contributed by atoms with Crippen LogP contribution in [0, 0.1) is 35.6 Å². The summed E-state index contributed by atoms with van der Waals surface area (Å²) in [6.45, 7) is 0. The van der Waals surface area contributed by atoms with Crippen molar-refractivity contribution in [2.45, 2.75) is 0 Å². The van der Waals surface area contributed by atoms with Crippen molar-refractivity contribution >= 4 is 48.9 Å². The number of hydrogen-bond acceptors (Lipinski definition) is 1. The van der Waals surface area contributed by atoms with E-state index in [4.69, 9.17) is 3.83 Å². The molecule has 0 N–H and O–H groups in total. The first-order valence-electron chi connectivity index (χ1n) is 0.144. The van der Waals surface area contributed by atoms with Gasteiger partial charge in [-0.2, -0.15) is 0 Å². The van der Waals surface area contributed by atoms with Crippen LogP contribution in [0.5, 0.6) is 0 Å². The first-order valence-corrected chi connectivity index (χ1v) is 0.595. The van der Waals surface area contributed by atoms with Gasteiger partial charge in [-0.15, -0.1) is 0 Å². The summed E-state index contributed by atoms with van der Waals surface area (Å²) in [7, 11) is 0. The predicted molar refractivity (Wildman–Crippen MR) is 8.66 cm³/mol. The predicted octanol–water partition coefficient (Wildman–Crippen LogP) is -0.277. The van der Waals surface area contributed by atoms with Crippen LogP contribution in [0.2, 0.25) is 0 Å². The van der Waals surface area contributed by atoms with E-state index in [2.05, 4.69) is 0 Å². The summed E-state index contributed by atoms with van der Waals surface area (Å²) in [6.07, 6.45) is 0. The van der Waals surface area contributed by atoms with Gasteiger partial charge in [0.1, 0.15) is 0 Å². The first-order chi connectivity index (χ1) is 1.00. The first kappa shape index (κ1) is 15.7. The van der Waals surface area contributed by atoms with E-state index in [-0.39, 0.29) is 87.3 Å². The molecule has 21 valence electrons. The normalized spacial score (nSPS) is 1.25. The van der Waals surface area contributed by atoms with Crippen molar-refractivity contribution in [3.05, 3.63) is 0 Å². The van der Waals surface area contributed by atoms with E-state index in [9.17, 15) is 0 Å². The average Bonchev–Trinajstić information content (AvgIpc) is 1.00. The Hall–Kier alpha value is 3.09. The molecule has 1 nitrogen and oxygen atoms in total. The van der Waals surface area contributed by atoms with E-state index in [1.165, 1.54) is 0 Å². The molecule has 0 bridgehead atoms. The van der Waals surface area contributed by atoms with Gasteiger partial charge in [0.05, 0.1) is 0 Å². The van der Waals surface area contributed by atoms with Crippen molar-refractivity contribution in [3.8, 4) is 0 Å².